The molecule has 0 saturated heterocycles. The second-order valence-corrected chi connectivity index (χ2v) is 11.1. The molecular weight excluding hydrogens is 458 g/mol. The molecular formula is C27H37N5O2S. The summed E-state index contributed by atoms with van der Waals surface area (Å²) in [6.45, 7) is 11.8. The fraction of sp³-hybridized carbons (Fsp3) is 0.519. The highest BCUT2D eigenvalue weighted by Crippen LogP contribution is 2.25. The van der Waals surface area contributed by atoms with Crippen molar-refractivity contribution in [2.75, 3.05) is 26.7 Å². The highest BCUT2D eigenvalue weighted by atomic mass is 32.1. The second-order valence-electron chi connectivity index (χ2n) is 10.2. The summed E-state index contributed by atoms with van der Waals surface area (Å²) in [7, 11) is 1.93. The largest absolute Gasteiger partial charge is 0.339 e. The Hall–Kier alpha value is -2.71. The fourth-order valence-corrected chi connectivity index (χ4v) is 5.19. The molecule has 0 aliphatic heterocycles. The number of hydrogen-bond acceptors (Lipinski definition) is 5. The van der Waals surface area contributed by atoms with Crippen LogP contribution in [0.1, 0.15) is 57.3 Å². The molecule has 4 aromatic rings. The fourth-order valence-electron chi connectivity index (χ4n) is 4.43. The van der Waals surface area contributed by atoms with Gasteiger partial charge in [0, 0.05) is 25.2 Å². The minimum atomic E-state index is -0.0491. The van der Waals surface area contributed by atoms with Crippen molar-refractivity contribution in [3.8, 4) is 0 Å². The van der Waals surface area contributed by atoms with Crippen LogP contribution in [0.25, 0.3) is 27.0 Å². The molecule has 8 heteroatoms. The van der Waals surface area contributed by atoms with Gasteiger partial charge in [-0.05, 0) is 74.3 Å². The average Bonchev–Trinajstić information content (AvgIpc) is 3.41. The summed E-state index contributed by atoms with van der Waals surface area (Å²) in [5, 5.41) is 5.10. The predicted octanol–water partition coefficient (Wildman–Crippen LogP) is 5.01. The van der Waals surface area contributed by atoms with Crippen molar-refractivity contribution in [2.45, 2.75) is 53.5 Å². The van der Waals surface area contributed by atoms with Gasteiger partial charge in [-0.25, -0.2) is 9.38 Å². The molecule has 1 aromatic carbocycles. The molecule has 0 bridgehead atoms. The third-order valence-electron chi connectivity index (χ3n) is 6.51. The van der Waals surface area contributed by atoms with E-state index < -0.39 is 0 Å². The molecule has 0 saturated carbocycles. The summed E-state index contributed by atoms with van der Waals surface area (Å²) >= 11 is 1.42. The summed E-state index contributed by atoms with van der Waals surface area (Å²) in [5.74, 6) is 1.76. The number of rotatable bonds is 11. The van der Waals surface area contributed by atoms with Gasteiger partial charge in [0.05, 0.1) is 16.6 Å². The number of nitrogens with zero attached hydrogens (tertiary/aromatic N) is 4. The molecule has 7 nitrogen and oxygen atoms in total. The number of carbonyl (C=O) groups is 1. The zero-order valence-electron chi connectivity index (χ0n) is 21.5. The van der Waals surface area contributed by atoms with Crippen LogP contribution in [0.15, 0.2) is 34.4 Å². The zero-order chi connectivity index (χ0) is 25.1. The number of fused-ring (bicyclic) bond motifs is 4. The van der Waals surface area contributed by atoms with Crippen LogP contribution in [0.4, 0.5) is 0 Å². The number of amides is 1. The first-order chi connectivity index (χ1) is 16.8. The molecule has 0 aliphatic carbocycles. The van der Waals surface area contributed by atoms with Crippen molar-refractivity contribution in [1.29, 1.82) is 0 Å². The number of nitrogens with one attached hydrogen (secondary N) is 1. The molecule has 1 N–H and O–H groups in total. The van der Waals surface area contributed by atoms with Gasteiger partial charge in [0.1, 0.15) is 4.70 Å². The Morgan fingerprint density at radius 2 is 1.80 bits per heavy atom. The van der Waals surface area contributed by atoms with E-state index in [0.717, 1.165) is 55.4 Å². The molecule has 0 atom stereocenters. The van der Waals surface area contributed by atoms with E-state index >= 15 is 0 Å². The van der Waals surface area contributed by atoms with Gasteiger partial charge in [-0.1, -0.05) is 27.7 Å². The average molecular weight is 496 g/mol. The van der Waals surface area contributed by atoms with Crippen LogP contribution in [0.2, 0.25) is 0 Å². The quantitative estimate of drug-likeness (QED) is 0.297. The molecule has 0 spiro atoms. The highest BCUT2D eigenvalue weighted by molar-refractivity contribution is 7.17. The molecule has 4 rings (SSSR count). The molecule has 0 fully saturated rings. The summed E-state index contributed by atoms with van der Waals surface area (Å²) in [6, 6.07) is 7.63. The summed E-state index contributed by atoms with van der Waals surface area (Å²) < 4.78 is 4.46. The lowest BCUT2D eigenvalue weighted by molar-refractivity contribution is 0.0741. The SMILES string of the molecule is CNCCCn1c2cc(C(=O)N(CCC(C)C)CCC(C)C)ccc2n2c(=O)c3sccc3nc12. The monoisotopic (exact) mass is 495 g/mol. The lowest BCUT2D eigenvalue weighted by atomic mass is 10.1. The summed E-state index contributed by atoms with van der Waals surface area (Å²) in [5.41, 5.74) is 3.01. The smallest absolute Gasteiger partial charge is 0.277 e. The maximum absolute atomic E-state index is 13.6. The number of imidazole rings is 1. The second kappa shape index (κ2) is 10.9. The van der Waals surface area contributed by atoms with Gasteiger partial charge in [-0.2, -0.15) is 0 Å². The topological polar surface area (TPSA) is 71.6 Å². The maximum atomic E-state index is 13.6. The zero-order valence-corrected chi connectivity index (χ0v) is 22.3. The lowest BCUT2D eigenvalue weighted by Crippen LogP contribution is -2.34. The third-order valence-corrected chi connectivity index (χ3v) is 7.40. The van der Waals surface area contributed by atoms with Gasteiger partial charge in [-0.3, -0.25) is 9.59 Å². The van der Waals surface area contributed by atoms with Crippen LogP contribution in [0, 0.1) is 11.8 Å². The van der Waals surface area contributed by atoms with Gasteiger partial charge in [0.15, 0.2) is 0 Å². The van der Waals surface area contributed by atoms with E-state index in [0.29, 0.717) is 34.4 Å². The predicted molar refractivity (Wildman–Crippen MR) is 146 cm³/mol. The Kier molecular flexibility index (Phi) is 7.91. The Morgan fingerprint density at radius 1 is 1.09 bits per heavy atom. The number of thiophene rings is 1. The van der Waals surface area contributed by atoms with Crippen LogP contribution < -0.4 is 10.9 Å². The van der Waals surface area contributed by atoms with E-state index in [-0.39, 0.29) is 11.5 Å². The Morgan fingerprint density at radius 3 is 2.46 bits per heavy atom. The first-order valence-electron chi connectivity index (χ1n) is 12.7. The van der Waals surface area contributed by atoms with E-state index in [1.807, 2.05) is 41.6 Å². The van der Waals surface area contributed by atoms with Crippen molar-refractivity contribution >= 4 is 44.3 Å². The lowest BCUT2D eigenvalue weighted by Gasteiger charge is -2.24. The van der Waals surface area contributed by atoms with E-state index in [2.05, 4.69) is 37.6 Å². The Bertz CT molecular complexity index is 1370. The Labute approximate surface area is 210 Å². The van der Waals surface area contributed by atoms with Gasteiger partial charge >= 0.3 is 0 Å². The van der Waals surface area contributed by atoms with Crippen molar-refractivity contribution in [2.24, 2.45) is 11.8 Å². The van der Waals surface area contributed by atoms with E-state index in [9.17, 15) is 9.59 Å². The standard InChI is InChI=1S/C27H37N5O2S/c1-18(2)9-14-30(15-10-19(3)4)25(33)20-7-8-22-23(17-20)31(13-6-12-28-5)27-29-21-11-16-35-24(21)26(34)32(22)27/h7-8,11,16-19,28H,6,9-10,12-15H2,1-5H3. The third kappa shape index (κ3) is 5.28. The molecule has 1 amide bonds. The van der Waals surface area contributed by atoms with Crippen molar-refractivity contribution < 1.29 is 4.79 Å². The minimum Gasteiger partial charge on any atom is -0.339 e. The number of aryl methyl sites for hydroxylation is 1. The van der Waals surface area contributed by atoms with E-state index in [4.69, 9.17) is 4.98 Å². The van der Waals surface area contributed by atoms with Crippen LogP contribution in [0.3, 0.4) is 0 Å². The molecule has 0 aliphatic rings. The number of aromatic nitrogens is 3. The molecule has 35 heavy (non-hydrogen) atoms. The van der Waals surface area contributed by atoms with Crippen molar-refractivity contribution in [3.05, 3.63) is 45.6 Å². The highest BCUT2D eigenvalue weighted by Gasteiger charge is 2.21. The van der Waals surface area contributed by atoms with Crippen LogP contribution >= 0.6 is 11.3 Å². The van der Waals surface area contributed by atoms with E-state index in [1.165, 1.54) is 11.3 Å². The number of benzene rings is 1. The van der Waals surface area contributed by atoms with Crippen LogP contribution in [-0.2, 0) is 6.54 Å². The molecule has 188 valence electrons. The molecule has 0 unspecified atom stereocenters. The number of carbonyl (C=O) groups excluding carboxylic acids is 1. The molecule has 3 heterocycles. The number of hydrogen-bond donors (Lipinski definition) is 1. The first kappa shape index (κ1) is 25.4. The minimum absolute atomic E-state index is 0.0491. The van der Waals surface area contributed by atoms with Crippen molar-refractivity contribution in [1.82, 2.24) is 24.2 Å². The van der Waals surface area contributed by atoms with Crippen LogP contribution in [0.5, 0.6) is 0 Å². The Balaban J connectivity index is 1.81. The van der Waals surface area contributed by atoms with Gasteiger partial charge < -0.3 is 14.8 Å². The van der Waals surface area contributed by atoms with Crippen molar-refractivity contribution in [3.63, 3.8) is 0 Å². The van der Waals surface area contributed by atoms with E-state index in [1.54, 1.807) is 4.40 Å². The maximum Gasteiger partial charge on any atom is 0.277 e. The van der Waals surface area contributed by atoms with Gasteiger partial charge in [0.25, 0.3) is 11.5 Å². The summed E-state index contributed by atoms with van der Waals surface area (Å²) in [4.78, 5) is 33.8. The van der Waals surface area contributed by atoms with Gasteiger partial charge in [0.2, 0.25) is 5.78 Å². The molecule has 3 aromatic heterocycles. The normalized spacial score (nSPS) is 12.1. The first-order valence-corrected chi connectivity index (χ1v) is 13.6. The van der Waals surface area contributed by atoms with Crippen LogP contribution in [-0.4, -0.2) is 51.4 Å². The summed E-state index contributed by atoms with van der Waals surface area (Å²) in [6.07, 6.45) is 2.85. The molecule has 0 radical (unpaired) electrons. The van der Waals surface area contributed by atoms with Gasteiger partial charge in [-0.15, -0.1) is 11.3 Å².